The van der Waals surface area contributed by atoms with Crippen LogP contribution in [-0.2, 0) is 6.42 Å². The Balaban J connectivity index is 2.95. The van der Waals surface area contributed by atoms with Gasteiger partial charge in [0.2, 0.25) is 0 Å². The van der Waals surface area contributed by atoms with Gasteiger partial charge in [0.1, 0.15) is 6.20 Å². The van der Waals surface area contributed by atoms with Crippen molar-refractivity contribution in [1.29, 1.82) is 0 Å². The molecular formula is C9H13N3O2. The molecule has 0 bridgehead atoms. The van der Waals surface area contributed by atoms with Crippen LogP contribution < -0.4 is 5.73 Å². The van der Waals surface area contributed by atoms with Crippen LogP contribution in [0.4, 0.5) is 5.69 Å². The monoisotopic (exact) mass is 195 g/mol. The van der Waals surface area contributed by atoms with E-state index < -0.39 is 4.92 Å². The van der Waals surface area contributed by atoms with Crippen LogP contribution >= 0.6 is 0 Å². The zero-order chi connectivity index (χ0) is 10.7. The first-order chi connectivity index (χ1) is 6.50. The van der Waals surface area contributed by atoms with E-state index in [0.717, 1.165) is 11.3 Å². The molecule has 14 heavy (non-hydrogen) atoms. The molecule has 0 aliphatic rings. The number of aryl methyl sites for hydroxylation is 1. The molecule has 1 aromatic rings. The maximum Gasteiger partial charge on any atom is 0.287 e. The minimum Gasteiger partial charge on any atom is -0.328 e. The lowest BCUT2D eigenvalue weighted by Gasteiger charge is -2.06. The van der Waals surface area contributed by atoms with Crippen molar-refractivity contribution in [2.24, 2.45) is 5.73 Å². The van der Waals surface area contributed by atoms with Crippen molar-refractivity contribution in [2.45, 2.75) is 26.3 Å². The Labute approximate surface area is 82.1 Å². The van der Waals surface area contributed by atoms with Crippen LogP contribution in [-0.4, -0.2) is 15.9 Å². The van der Waals surface area contributed by atoms with Gasteiger partial charge < -0.3 is 5.73 Å². The lowest BCUT2D eigenvalue weighted by Crippen LogP contribution is -2.19. The molecule has 76 valence electrons. The lowest BCUT2D eigenvalue weighted by molar-refractivity contribution is -0.385. The van der Waals surface area contributed by atoms with Crippen LogP contribution in [0.25, 0.3) is 0 Å². The number of nitrogens with zero attached hydrogens (tertiary/aromatic N) is 2. The summed E-state index contributed by atoms with van der Waals surface area (Å²) in [6.07, 6.45) is 1.91. The third-order valence-corrected chi connectivity index (χ3v) is 1.90. The molecule has 1 unspecified atom stereocenters. The van der Waals surface area contributed by atoms with Crippen LogP contribution in [0.15, 0.2) is 12.3 Å². The molecule has 5 nitrogen and oxygen atoms in total. The van der Waals surface area contributed by atoms with Crippen molar-refractivity contribution in [1.82, 2.24) is 4.98 Å². The molecule has 0 aromatic carbocycles. The van der Waals surface area contributed by atoms with E-state index in [4.69, 9.17) is 5.73 Å². The fourth-order valence-corrected chi connectivity index (χ4v) is 1.21. The molecule has 0 fully saturated rings. The topological polar surface area (TPSA) is 82.0 Å². The first kappa shape index (κ1) is 10.6. The van der Waals surface area contributed by atoms with Gasteiger partial charge in [-0.2, -0.15) is 0 Å². The Bertz CT molecular complexity index is 350. The highest BCUT2D eigenvalue weighted by Gasteiger charge is 2.10. The van der Waals surface area contributed by atoms with Gasteiger partial charge in [-0.15, -0.1) is 0 Å². The van der Waals surface area contributed by atoms with Crippen LogP contribution in [0.5, 0.6) is 0 Å². The van der Waals surface area contributed by atoms with Crippen LogP contribution in [0, 0.1) is 17.0 Å². The Morgan fingerprint density at radius 2 is 2.36 bits per heavy atom. The number of aromatic nitrogens is 1. The molecule has 2 N–H and O–H groups in total. The van der Waals surface area contributed by atoms with E-state index in [0.29, 0.717) is 6.42 Å². The average Bonchev–Trinajstić information content (AvgIpc) is 2.07. The summed E-state index contributed by atoms with van der Waals surface area (Å²) in [4.78, 5) is 14.0. The number of hydrogen-bond donors (Lipinski definition) is 1. The highest BCUT2D eigenvalue weighted by molar-refractivity contribution is 5.33. The molecule has 1 rings (SSSR count). The summed E-state index contributed by atoms with van der Waals surface area (Å²) in [5.74, 6) is 0. The zero-order valence-electron chi connectivity index (χ0n) is 8.23. The molecule has 0 radical (unpaired) electrons. The van der Waals surface area contributed by atoms with Gasteiger partial charge in [-0.05, 0) is 19.4 Å². The molecule has 0 amide bonds. The fraction of sp³-hybridized carbons (Fsp3) is 0.444. The Morgan fingerprint density at radius 3 is 2.79 bits per heavy atom. The van der Waals surface area contributed by atoms with E-state index in [1.165, 1.54) is 12.3 Å². The summed E-state index contributed by atoms with van der Waals surface area (Å²) in [5, 5.41) is 10.4. The van der Waals surface area contributed by atoms with E-state index in [9.17, 15) is 10.1 Å². The molecule has 0 saturated carbocycles. The predicted molar refractivity (Wildman–Crippen MR) is 53.0 cm³/mol. The van der Waals surface area contributed by atoms with Crippen molar-refractivity contribution in [3.8, 4) is 0 Å². The van der Waals surface area contributed by atoms with Gasteiger partial charge >= 0.3 is 0 Å². The normalized spacial score (nSPS) is 12.5. The van der Waals surface area contributed by atoms with Crippen molar-refractivity contribution in [2.75, 3.05) is 0 Å². The maximum absolute atomic E-state index is 10.4. The summed E-state index contributed by atoms with van der Waals surface area (Å²) in [7, 11) is 0. The van der Waals surface area contributed by atoms with Gasteiger partial charge in [-0.1, -0.05) is 0 Å². The van der Waals surface area contributed by atoms with E-state index >= 15 is 0 Å². The summed E-state index contributed by atoms with van der Waals surface area (Å²) >= 11 is 0. The molecule has 1 aromatic heterocycles. The molecule has 5 heteroatoms. The summed E-state index contributed by atoms with van der Waals surface area (Å²) in [6.45, 7) is 3.68. The van der Waals surface area contributed by atoms with E-state index in [1.807, 2.05) is 6.92 Å². The third kappa shape index (κ3) is 2.50. The minimum absolute atomic E-state index is 0.0163. The minimum atomic E-state index is -0.449. The molecule has 1 heterocycles. The first-order valence-corrected chi connectivity index (χ1v) is 4.36. The second-order valence-corrected chi connectivity index (χ2v) is 3.40. The number of hydrogen-bond acceptors (Lipinski definition) is 4. The molecular weight excluding hydrogens is 182 g/mol. The summed E-state index contributed by atoms with van der Waals surface area (Å²) in [6, 6.07) is 1.53. The van der Waals surface area contributed by atoms with Crippen LogP contribution in [0.2, 0.25) is 0 Å². The number of pyridine rings is 1. The second-order valence-electron chi connectivity index (χ2n) is 3.40. The quantitative estimate of drug-likeness (QED) is 0.580. The Morgan fingerprint density at radius 1 is 1.71 bits per heavy atom. The zero-order valence-corrected chi connectivity index (χ0v) is 8.23. The number of nitro groups is 1. The van der Waals surface area contributed by atoms with Crippen molar-refractivity contribution < 1.29 is 4.92 Å². The largest absolute Gasteiger partial charge is 0.328 e. The summed E-state index contributed by atoms with van der Waals surface area (Å²) < 4.78 is 0. The molecule has 1 atom stereocenters. The van der Waals surface area contributed by atoms with Gasteiger partial charge in [0.15, 0.2) is 0 Å². The van der Waals surface area contributed by atoms with Crippen molar-refractivity contribution >= 4 is 5.69 Å². The van der Waals surface area contributed by atoms with Crippen LogP contribution in [0.1, 0.15) is 18.2 Å². The van der Waals surface area contributed by atoms with Gasteiger partial charge in [0.25, 0.3) is 5.69 Å². The number of nitrogens with two attached hydrogens (primary N) is 1. The predicted octanol–water partition coefficient (Wildman–Crippen LogP) is 1.19. The van der Waals surface area contributed by atoms with E-state index in [-0.39, 0.29) is 11.7 Å². The third-order valence-electron chi connectivity index (χ3n) is 1.90. The SMILES string of the molecule is Cc1cc([N+](=O)[O-])cnc1CC(C)N. The average molecular weight is 195 g/mol. The standard InChI is InChI=1S/C9H13N3O2/c1-6-3-8(12(13)14)5-11-9(6)4-7(2)10/h3,5,7H,4,10H2,1-2H3. The lowest BCUT2D eigenvalue weighted by atomic mass is 10.1. The van der Waals surface area contributed by atoms with Gasteiger partial charge in [0, 0.05) is 24.2 Å². The number of rotatable bonds is 3. The highest BCUT2D eigenvalue weighted by atomic mass is 16.6. The van der Waals surface area contributed by atoms with Crippen molar-refractivity contribution in [3.05, 3.63) is 33.6 Å². The van der Waals surface area contributed by atoms with Gasteiger partial charge in [0.05, 0.1) is 4.92 Å². The molecule has 0 aliphatic heterocycles. The Hall–Kier alpha value is -1.49. The molecule has 0 saturated heterocycles. The van der Waals surface area contributed by atoms with E-state index in [2.05, 4.69) is 4.98 Å². The maximum atomic E-state index is 10.4. The summed E-state index contributed by atoms with van der Waals surface area (Å²) in [5.41, 5.74) is 7.28. The molecule has 0 spiro atoms. The van der Waals surface area contributed by atoms with Crippen molar-refractivity contribution in [3.63, 3.8) is 0 Å². The highest BCUT2D eigenvalue weighted by Crippen LogP contribution is 2.14. The van der Waals surface area contributed by atoms with Crippen LogP contribution in [0.3, 0.4) is 0 Å². The van der Waals surface area contributed by atoms with E-state index in [1.54, 1.807) is 6.92 Å². The van der Waals surface area contributed by atoms with Gasteiger partial charge in [-0.3, -0.25) is 15.1 Å². The smallest absolute Gasteiger partial charge is 0.287 e. The Kier molecular flexibility index (Phi) is 3.14. The second kappa shape index (κ2) is 4.15. The molecule has 0 aliphatic carbocycles. The van der Waals surface area contributed by atoms with Gasteiger partial charge in [-0.25, -0.2) is 0 Å². The fourth-order valence-electron chi connectivity index (χ4n) is 1.21. The first-order valence-electron chi connectivity index (χ1n) is 4.36.